The number of rotatable bonds is 5. The normalized spacial score (nSPS) is 10.5. The SMILES string of the molecule is Cn1c(CCCNc2ccc(C#N)nc2)nc2ccccc21. The Labute approximate surface area is 129 Å². The van der Waals surface area contributed by atoms with Gasteiger partial charge in [0, 0.05) is 20.0 Å². The van der Waals surface area contributed by atoms with E-state index < -0.39 is 0 Å². The molecule has 0 bridgehead atoms. The van der Waals surface area contributed by atoms with Crippen LogP contribution in [-0.2, 0) is 13.5 Å². The lowest BCUT2D eigenvalue weighted by molar-refractivity contribution is 0.753. The van der Waals surface area contributed by atoms with Gasteiger partial charge in [0.2, 0.25) is 0 Å². The molecule has 5 heteroatoms. The summed E-state index contributed by atoms with van der Waals surface area (Å²) in [6.07, 6.45) is 3.59. The highest BCUT2D eigenvalue weighted by Gasteiger charge is 2.06. The van der Waals surface area contributed by atoms with Crippen LogP contribution in [0.4, 0.5) is 5.69 Å². The molecule has 5 nitrogen and oxygen atoms in total. The van der Waals surface area contributed by atoms with Gasteiger partial charge in [0.05, 0.1) is 22.9 Å². The first-order valence-electron chi connectivity index (χ1n) is 7.28. The highest BCUT2D eigenvalue weighted by molar-refractivity contribution is 5.75. The second kappa shape index (κ2) is 6.27. The van der Waals surface area contributed by atoms with E-state index in [1.807, 2.05) is 30.3 Å². The molecular formula is C17H17N5. The van der Waals surface area contributed by atoms with Crippen molar-refractivity contribution in [2.24, 2.45) is 7.05 Å². The first kappa shape index (κ1) is 14.1. The van der Waals surface area contributed by atoms with Gasteiger partial charge in [0.25, 0.3) is 0 Å². The van der Waals surface area contributed by atoms with Crippen molar-refractivity contribution in [1.29, 1.82) is 5.26 Å². The Morgan fingerprint density at radius 2 is 2.09 bits per heavy atom. The Bertz CT molecular complexity index is 811. The summed E-state index contributed by atoms with van der Waals surface area (Å²) >= 11 is 0. The molecule has 0 aliphatic rings. The molecule has 2 heterocycles. The van der Waals surface area contributed by atoms with Crippen LogP contribution in [0, 0.1) is 11.3 Å². The summed E-state index contributed by atoms with van der Waals surface area (Å²) in [4.78, 5) is 8.70. The average molecular weight is 291 g/mol. The Balaban J connectivity index is 1.56. The van der Waals surface area contributed by atoms with E-state index in [2.05, 4.69) is 33.0 Å². The van der Waals surface area contributed by atoms with Crippen molar-refractivity contribution < 1.29 is 0 Å². The third-order valence-electron chi connectivity index (χ3n) is 3.66. The summed E-state index contributed by atoms with van der Waals surface area (Å²) < 4.78 is 2.15. The molecule has 110 valence electrons. The van der Waals surface area contributed by atoms with E-state index in [-0.39, 0.29) is 0 Å². The fraction of sp³-hybridized carbons (Fsp3) is 0.235. The lowest BCUT2D eigenvalue weighted by Gasteiger charge is -2.06. The van der Waals surface area contributed by atoms with Crippen molar-refractivity contribution in [3.63, 3.8) is 0 Å². The van der Waals surface area contributed by atoms with E-state index in [1.165, 1.54) is 5.52 Å². The van der Waals surface area contributed by atoms with E-state index in [9.17, 15) is 0 Å². The largest absolute Gasteiger partial charge is 0.384 e. The summed E-state index contributed by atoms with van der Waals surface area (Å²) in [5, 5.41) is 12.0. The van der Waals surface area contributed by atoms with Gasteiger partial charge in [-0.25, -0.2) is 9.97 Å². The number of para-hydroxylation sites is 2. The number of hydrogen-bond donors (Lipinski definition) is 1. The summed E-state index contributed by atoms with van der Waals surface area (Å²) in [5.41, 5.74) is 3.58. The summed E-state index contributed by atoms with van der Waals surface area (Å²) in [5.74, 6) is 1.10. The van der Waals surface area contributed by atoms with Gasteiger partial charge in [0.15, 0.2) is 0 Å². The number of pyridine rings is 1. The minimum atomic E-state index is 0.435. The van der Waals surface area contributed by atoms with Crippen LogP contribution in [0.15, 0.2) is 42.6 Å². The fourth-order valence-corrected chi connectivity index (χ4v) is 2.46. The molecule has 0 fully saturated rings. The van der Waals surface area contributed by atoms with Crippen LogP contribution < -0.4 is 5.32 Å². The number of anilines is 1. The summed E-state index contributed by atoms with van der Waals surface area (Å²) in [7, 11) is 2.06. The number of nitrogens with zero attached hydrogens (tertiary/aromatic N) is 4. The van der Waals surface area contributed by atoms with Gasteiger partial charge in [0.1, 0.15) is 17.6 Å². The molecule has 0 saturated carbocycles. The molecule has 0 saturated heterocycles. The van der Waals surface area contributed by atoms with Gasteiger partial charge < -0.3 is 9.88 Å². The molecule has 0 amide bonds. The van der Waals surface area contributed by atoms with E-state index in [0.717, 1.165) is 36.4 Å². The van der Waals surface area contributed by atoms with Gasteiger partial charge in [-0.1, -0.05) is 12.1 Å². The Kier molecular flexibility index (Phi) is 4.01. The Morgan fingerprint density at radius 1 is 1.23 bits per heavy atom. The minimum absolute atomic E-state index is 0.435. The third-order valence-corrected chi connectivity index (χ3v) is 3.66. The molecule has 0 aliphatic carbocycles. The molecular weight excluding hydrogens is 274 g/mol. The molecule has 0 unspecified atom stereocenters. The van der Waals surface area contributed by atoms with Gasteiger partial charge in [-0.3, -0.25) is 0 Å². The maximum absolute atomic E-state index is 8.71. The predicted octanol–water partition coefficient (Wildman–Crippen LogP) is 2.88. The number of aryl methyl sites for hydroxylation is 2. The zero-order valence-corrected chi connectivity index (χ0v) is 12.5. The molecule has 0 spiro atoms. The lowest BCUT2D eigenvalue weighted by Crippen LogP contribution is -2.06. The van der Waals surface area contributed by atoms with Crippen LogP contribution in [0.5, 0.6) is 0 Å². The number of hydrogen-bond acceptors (Lipinski definition) is 4. The van der Waals surface area contributed by atoms with E-state index >= 15 is 0 Å². The first-order chi connectivity index (χ1) is 10.8. The van der Waals surface area contributed by atoms with Crippen LogP contribution in [0.25, 0.3) is 11.0 Å². The number of imidazole rings is 1. The number of fused-ring (bicyclic) bond motifs is 1. The smallest absolute Gasteiger partial charge is 0.140 e. The van der Waals surface area contributed by atoms with Crippen molar-refractivity contribution in [2.45, 2.75) is 12.8 Å². The molecule has 2 aromatic heterocycles. The van der Waals surface area contributed by atoms with E-state index in [1.54, 1.807) is 12.3 Å². The quantitative estimate of drug-likeness (QED) is 0.734. The van der Waals surface area contributed by atoms with Gasteiger partial charge in [-0.2, -0.15) is 5.26 Å². The van der Waals surface area contributed by atoms with Gasteiger partial charge in [-0.15, -0.1) is 0 Å². The lowest BCUT2D eigenvalue weighted by atomic mass is 10.3. The second-order valence-corrected chi connectivity index (χ2v) is 5.15. The second-order valence-electron chi connectivity index (χ2n) is 5.15. The fourth-order valence-electron chi connectivity index (χ4n) is 2.46. The van der Waals surface area contributed by atoms with Gasteiger partial charge >= 0.3 is 0 Å². The zero-order chi connectivity index (χ0) is 15.4. The molecule has 3 rings (SSSR count). The summed E-state index contributed by atoms with van der Waals surface area (Å²) in [6.45, 7) is 0.844. The average Bonchev–Trinajstić information content (AvgIpc) is 2.89. The van der Waals surface area contributed by atoms with Gasteiger partial charge in [-0.05, 0) is 30.7 Å². The van der Waals surface area contributed by atoms with Crippen LogP contribution in [0.2, 0.25) is 0 Å². The topological polar surface area (TPSA) is 66.5 Å². The van der Waals surface area contributed by atoms with Crippen LogP contribution >= 0.6 is 0 Å². The number of benzene rings is 1. The van der Waals surface area contributed by atoms with Crippen LogP contribution in [0.1, 0.15) is 17.9 Å². The predicted molar refractivity (Wildman–Crippen MR) is 86.5 cm³/mol. The molecule has 3 aromatic rings. The number of nitriles is 1. The van der Waals surface area contributed by atoms with Crippen molar-refractivity contribution in [1.82, 2.24) is 14.5 Å². The molecule has 1 N–H and O–H groups in total. The van der Waals surface area contributed by atoms with Crippen molar-refractivity contribution in [3.8, 4) is 6.07 Å². The number of aromatic nitrogens is 3. The third kappa shape index (κ3) is 2.91. The molecule has 0 atom stereocenters. The molecule has 0 aliphatic heterocycles. The maximum atomic E-state index is 8.71. The van der Waals surface area contributed by atoms with E-state index in [4.69, 9.17) is 5.26 Å². The van der Waals surface area contributed by atoms with Crippen molar-refractivity contribution in [2.75, 3.05) is 11.9 Å². The molecule has 22 heavy (non-hydrogen) atoms. The first-order valence-corrected chi connectivity index (χ1v) is 7.28. The summed E-state index contributed by atoms with van der Waals surface area (Å²) in [6, 6.07) is 13.8. The maximum Gasteiger partial charge on any atom is 0.140 e. The van der Waals surface area contributed by atoms with Crippen molar-refractivity contribution in [3.05, 3.63) is 54.1 Å². The van der Waals surface area contributed by atoms with Crippen molar-refractivity contribution >= 4 is 16.7 Å². The standard InChI is InChI=1S/C17H17N5/c1-22-16-6-3-2-5-15(16)21-17(22)7-4-10-19-14-9-8-13(11-18)20-12-14/h2-3,5-6,8-9,12,19H,4,7,10H2,1H3. The van der Waals surface area contributed by atoms with Crippen LogP contribution in [-0.4, -0.2) is 21.1 Å². The highest BCUT2D eigenvalue weighted by atomic mass is 15.1. The zero-order valence-electron chi connectivity index (χ0n) is 12.5. The Hall–Kier alpha value is -2.87. The highest BCUT2D eigenvalue weighted by Crippen LogP contribution is 2.15. The van der Waals surface area contributed by atoms with E-state index in [0.29, 0.717) is 5.69 Å². The minimum Gasteiger partial charge on any atom is -0.384 e. The van der Waals surface area contributed by atoms with Crippen LogP contribution in [0.3, 0.4) is 0 Å². The number of nitrogens with one attached hydrogen (secondary N) is 1. The molecule has 0 radical (unpaired) electrons. The monoisotopic (exact) mass is 291 g/mol. The Morgan fingerprint density at radius 3 is 2.82 bits per heavy atom. The molecule has 1 aromatic carbocycles.